The van der Waals surface area contributed by atoms with Crippen LogP contribution in [0.15, 0.2) is 30.3 Å². The van der Waals surface area contributed by atoms with Gasteiger partial charge in [-0.3, -0.25) is 9.59 Å². The number of hydrogen-bond acceptors (Lipinski definition) is 4. The van der Waals surface area contributed by atoms with Gasteiger partial charge in [0.05, 0.1) is 19.7 Å². The summed E-state index contributed by atoms with van der Waals surface area (Å²) in [4.78, 5) is 25.4. The van der Waals surface area contributed by atoms with Crippen molar-refractivity contribution in [3.05, 3.63) is 35.9 Å². The van der Waals surface area contributed by atoms with Gasteiger partial charge in [0.1, 0.15) is 5.60 Å². The van der Waals surface area contributed by atoms with Gasteiger partial charge in [0.25, 0.3) is 5.91 Å². The van der Waals surface area contributed by atoms with E-state index in [4.69, 9.17) is 5.11 Å². The summed E-state index contributed by atoms with van der Waals surface area (Å²) in [7, 11) is 0. The molecule has 1 aromatic rings. The lowest BCUT2D eigenvalue weighted by molar-refractivity contribution is -0.139. The Kier molecular flexibility index (Phi) is 4.93. The molecule has 3 N–H and O–H groups in total. The Bertz CT molecular complexity index is 506. The van der Waals surface area contributed by atoms with Crippen LogP contribution in [0, 0.1) is 0 Å². The Morgan fingerprint density at radius 1 is 1.29 bits per heavy atom. The fourth-order valence-corrected chi connectivity index (χ4v) is 2.41. The van der Waals surface area contributed by atoms with Gasteiger partial charge in [-0.2, -0.15) is 0 Å². The minimum Gasteiger partial charge on any atom is -0.393 e. The summed E-state index contributed by atoms with van der Waals surface area (Å²) in [6.07, 6.45) is 1.11. The Labute approximate surface area is 123 Å². The second kappa shape index (κ2) is 6.69. The van der Waals surface area contributed by atoms with Crippen LogP contribution in [-0.2, 0) is 4.79 Å². The highest BCUT2D eigenvalue weighted by Gasteiger charge is 2.34. The molecule has 1 heterocycles. The number of aliphatic hydroxyl groups excluding tert-OH is 1. The van der Waals surface area contributed by atoms with Crippen LogP contribution < -0.4 is 5.32 Å². The van der Waals surface area contributed by atoms with Gasteiger partial charge in [-0.25, -0.2) is 0 Å². The first-order valence-electron chi connectivity index (χ1n) is 6.98. The molecule has 1 aromatic carbocycles. The number of carbonyl (C=O) groups is 2. The predicted molar refractivity (Wildman–Crippen MR) is 76.6 cm³/mol. The third-order valence-electron chi connectivity index (χ3n) is 3.64. The fraction of sp³-hybridized carbons (Fsp3) is 0.467. The summed E-state index contributed by atoms with van der Waals surface area (Å²) in [6, 6.07) is 8.66. The lowest BCUT2D eigenvalue weighted by atomic mass is 9.94. The van der Waals surface area contributed by atoms with Gasteiger partial charge >= 0.3 is 0 Å². The van der Waals surface area contributed by atoms with Crippen LogP contribution in [0.5, 0.6) is 0 Å². The molecular weight excluding hydrogens is 272 g/mol. The van der Waals surface area contributed by atoms with Gasteiger partial charge in [0.15, 0.2) is 0 Å². The predicted octanol–water partition coefficient (Wildman–Crippen LogP) is -0.238. The third-order valence-corrected chi connectivity index (χ3v) is 3.64. The van der Waals surface area contributed by atoms with Crippen molar-refractivity contribution in [2.45, 2.75) is 18.4 Å². The summed E-state index contributed by atoms with van der Waals surface area (Å²) in [5.74, 6) is -0.566. The zero-order chi connectivity index (χ0) is 15.3. The van der Waals surface area contributed by atoms with Crippen LogP contribution in [0.25, 0.3) is 0 Å². The third kappa shape index (κ3) is 4.03. The van der Waals surface area contributed by atoms with E-state index in [1.165, 1.54) is 4.90 Å². The van der Waals surface area contributed by atoms with Crippen molar-refractivity contribution in [3.63, 3.8) is 0 Å². The van der Waals surface area contributed by atoms with Crippen LogP contribution in [0.1, 0.15) is 23.2 Å². The van der Waals surface area contributed by atoms with Crippen molar-refractivity contribution in [1.82, 2.24) is 10.2 Å². The zero-order valence-corrected chi connectivity index (χ0v) is 11.8. The SMILES string of the molecule is O=C(NCC(=O)N1CCCC(O)(CO)C1)c1ccccc1. The van der Waals surface area contributed by atoms with Crippen LogP contribution in [-0.4, -0.2) is 58.8 Å². The standard InChI is InChI=1S/C15H20N2O4/c18-11-15(21)7-4-8-17(10-15)13(19)9-16-14(20)12-5-2-1-3-6-12/h1-3,5-6,18,21H,4,7-11H2,(H,16,20). The maximum atomic E-state index is 12.1. The fourth-order valence-electron chi connectivity index (χ4n) is 2.41. The van der Waals surface area contributed by atoms with Crippen molar-refractivity contribution in [2.24, 2.45) is 0 Å². The molecule has 6 heteroatoms. The monoisotopic (exact) mass is 292 g/mol. The lowest BCUT2D eigenvalue weighted by Gasteiger charge is -2.38. The quantitative estimate of drug-likeness (QED) is 0.714. The number of carbonyl (C=O) groups excluding carboxylic acids is 2. The zero-order valence-electron chi connectivity index (χ0n) is 11.8. The number of β-amino-alcohol motifs (C(OH)–C–C–N with tert-alkyl or cyclic N) is 1. The number of nitrogens with zero attached hydrogens (tertiary/aromatic N) is 1. The Morgan fingerprint density at radius 3 is 2.67 bits per heavy atom. The van der Waals surface area contributed by atoms with Gasteiger partial charge in [-0.15, -0.1) is 0 Å². The van der Waals surface area contributed by atoms with E-state index in [2.05, 4.69) is 5.32 Å². The smallest absolute Gasteiger partial charge is 0.251 e. The van der Waals surface area contributed by atoms with Crippen molar-refractivity contribution in [1.29, 1.82) is 0 Å². The van der Waals surface area contributed by atoms with Gasteiger partial charge in [0.2, 0.25) is 5.91 Å². The van der Waals surface area contributed by atoms with Gasteiger partial charge in [-0.1, -0.05) is 18.2 Å². The average Bonchev–Trinajstić information content (AvgIpc) is 2.53. The largest absolute Gasteiger partial charge is 0.393 e. The molecule has 6 nitrogen and oxygen atoms in total. The second-order valence-electron chi connectivity index (χ2n) is 5.35. The Morgan fingerprint density at radius 2 is 2.00 bits per heavy atom. The average molecular weight is 292 g/mol. The summed E-state index contributed by atoms with van der Waals surface area (Å²) >= 11 is 0. The highest BCUT2D eigenvalue weighted by Crippen LogP contribution is 2.20. The lowest BCUT2D eigenvalue weighted by Crippen LogP contribution is -2.54. The molecule has 0 bridgehead atoms. The number of nitrogens with one attached hydrogen (secondary N) is 1. The number of likely N-dealkylation sites (tertiary alicyclic amines) is 1. The van der Waals surface area contributed by atoms with E-state index >= 15 is 0 Å². The first-order valence-corrected chi connectivity index (χ1v) is 6.98. The minimum atomic E-state index is -1.22. The molecule has 1 aliphatic rings. The van der Waals surface area contributed by atoms with Crippen molar-refractivity contribution in [2.75, 3.05) is 26.2 Å². The van der Waals surface area contributed by atoms with E-state index in [0.717, 1.165) is 0 Å². The van der Waals surface area contributed by atoms with Gasteiger partial charge in [0, 0.05) is 12.1 Å². The van der Waals surface area contributed by atoms with E-state index in [0.29, 0.717) is 24.9 Å². The van der Waals surface area contributed by atoms with Crippen molar-refractivity contribution in [3.8, 4) is 0 Å². The van der Waals surface area contributed by atoms with E-state index in [1.807, 2.05) is 6.07 Å². The molecule has 1 unspecified atom stereocenters. The molecule has 0 aliphatic carbocycles. The van der Waals surface area contributed by atoms with Crippen LogP contribution in [0.4, 0.5) is 0 Å². The molecule has 1 saturated heterocycles. The molecule has 0 aromatic heterocycles. The molecule has 114 valence electrons. The van der Waals surface area contributed by atoms with Crippen LogP contribution in [0.3, 0.4) is 0 Å². The second-order valence-corrected chi connectivity index (χ2v) is 5.35. The Hall–Kier alpha value is -1.92. The van der Waals surface area contributed by atoms with E-state index < -0.39 is 5.60 Å². The number of hydrogen-bond donors (Lipinski definition) is 3. The molecule has 0 spiro atoms. The topological polar surface area (TPSA) is 89.9 Å². The van der Waals surface area contributed by atoms with Crippen LogP contribution in [0.2, 0.25) is 0 Å². The first-order chi connectivity index (χ1) is 10.0. The molecule has 1 aliphatic heterocycles. The molecule has 0 radical (unpaired) electrons. The number of amides is 2. The summed E-state index contributed by atoms with van der Waals surface area (Å²) in [5, 5.41) is 21.7. The molecule has 2 rings (SSSR count). The van der Waals surface area contributed by atoms with E-state index in [1.54, 1.807) is 24.3 Å². The van der Waals surface area contributed by atoms with Crippen molar-refractivity contribution < 1.29 is 19.8 Å². The molecule has 1 fully saturated rings. The molecule has 2 amide bonds. The van der Waals surface area contributed by atoms with Gasteiger partial charge in [-0.05, 0) is 25.0 Å². The normalized spacial score (nSPS) is 21.9. The summed E-state index contributed by atoms with van der Waals surface area (Å²) < 4.78 is 0. The summed E-state index contributed by atoms with van der Waals surface area (Å²) in [5.41, 5.74) is -0.729. The molecular formula is C15H20N2O4. The minimum absolute atomic E-state index is 0.101. The molecule has 0 saturated carbocycles. The van der Waals surface area contributed by atoms with E-state index in [-0.39, 0.29) is 31.5 Å². The summed E-state index contributed by atoms with van der Waals surface area (Å²) in [6.45, 7) is 0.147. The molecule has 21 heavy (non-hydrogen) atoms. The highest BCUT2D eigenvalue weighted by atomic mass is 16.3. The highest BCUT2D eigenvalue weighted by molar-refractivity contribution is 5.96. The number of piperidine rings is 1. The van der Waals surface area contributed by atoms with E-state index in [9.17, 15) is 14.7 Å². The van der Waals surface area contributed by atoms with Gasteiger partial charge < -0.3 is 20.4 Å². The maximum Gasteiger partial charge on any atom is 0.251 e. The molecule has 1 atom stereocenters. The Balaban J connectivity index is 1.86. The number of aliphatic hydroxyl groups is 2. The van der Waals surface area contributed by atoms with Crippen molar-refractivity contribution >= 4 is 11.8 Å². The van der Waals surface area contributed by atoms with Crippen LogP contribution >= 0.6 is 0 Å². The first kappa shape index (κ1) is 15.5. The maximum absolute atomic E-state index is 12.1. The number of benzene rings is 1. The number of rotatable bonds is 4.